The second kappa shape index (κ2) is 9.16. The number of fused-ring (bicyclic) bond motifs is 3. The first-order valence-electron chi connectivity index (χ1n) is 23.3. The molecule has 0 N–H and O–H groups in total. The third kappa shape index (κ3) is 2.55. The van der Waals surface area contributed by atoms with Gasteiger partial charge in [-0.3, -0.25) is 4.79 Å². The molecule has 0 heterocycles. The molecule has 13 aromatic carbocycles. The van der Waals surface area contributed by atoms with Gasteiger partial charge in [0.25, 0.3) is 0 Å². The second-order valence-corrected chi connectivity index (χ2v) is 20.2. The fourth-order valence-corrected chi connectivity index (χ4v) is 17.2. The van der Waals surface area contributed by atoms with E-state index in [-0.39, 0.29) is 22.2 Å². The summed E-state index contributed by atoms with van der Waals surface area (Å²) < 4.78 is 5.99. The smallest absolute Gasteiger partial charge is 0.305 e. The zero-order valence-corrected chi connectivity index (χ0v) is 34.0. The van der Waals surface area contributed by atoms with Crippen molar-refractivity contribution in [1.29, 1.82) is 0 Å². The first-order valence-corrected chi connectivity index (χ1v) is 23.3. The van der Waals surface area contributed by atoms with Crippen LogP contribution in [0, 0.1) is 0 Å². The standard InChI is InChI=1S/C59H38O2/c1-2-3-4-5-6-10-26-61-38(60)14-11-25-57(27-12-8-7-9-13-27)58-36-23-24-37-35-22-20-33-31-18-16-29-28-15-17-30-32-19-21-34(36)45-43(32)48-41(30)39(28)47-40(29)42(31)49-44(33)46(35)56(59(37,57)58)54-52(49)50(47)51(48)53(54)55(45)58/h7-9,12-13,15-24H,2-6,10-11,14,25-26H2,1H3/t57?,58-,59+. The van der Waals surface area contributed by atoms with Crippen molar-refractivity contribution in [2.75, 3.05) is 6.61 Å². The van der Waals surface area contributed by atoms with Gasteiger partial charge in [-0.15, -0.1) is 0 Å². The molecule has 0 aromatic heterocycles. The lowest BCUT2D eigenvalue weighted by Gasteiger charge is -2.32. The van der Waals surface area contributed by atoms with Crippen molar-refractivity contribution in [3.63, 3.8) is 0 Å². The molecule has 2 spiro atoms. The number of ether oxygens (including phenoxy) is 1. The molecule has 0 aliphatic heterocycles. The fourth-order valence-electron chi connectivity index (χ4n) is 17.2. The highest BCUT2D eigenvalue weighted by molar-refractivity contribution is 6.64. The molecule has 1 unspecified atom stereocenters. The third-order valence-corrected chi connectivity index (χ3v) is 18.5. The van der Waals surface area contributed by atoms with Gasteiger partial charge >= 0.3 is 5.97 Å². The van der Waals surface area contributed by atoms with Crippen LogP contribution in [0.3, 0.4) is 0 Å². The largest absolute Gasteiger partial charge is 0.466 e. The van der Waals surface area contributed by atoms with Crippen LogP contribution in [0.15, 0.2) is 91.0 Å². The topological polar surface area (TPSA) is 26.3 Å². The Morgan fingerprint density at radius 3 is 1.43 bits per heavy atom. The number of esters is 1. The zero-order chi connectivity index (χ0) is 39.2. The Labute approximate surface area is 349 Å². The van der Waals surface area contributed by atoms with E-state index in [4.69, 9.17) is 4.74 Å². The first-order chi connectivity index (χ1) is 30.2. The second-order valence-electron chi connectivity index (χ2n) is 20.2. The lowest BCUT2D eigenvalue weighted by molar-refractivity contribution is -0.143. The molecular weight excluding hydrogens is 741 g/mol. The molecule has 0 saturated heterocycles. The van der Waals surface area contributed by atoms with Crippen molar-refractivity contribution in [2.45, 2.75) is 81.0 Å². The minimum atomic E-state index is -0.283. The molecule has 18 rings (SSSR count). The van der Waals surface area contributed by atoms with Crippen LogP contribution in [0.25, 0.3) is 130 Å². The van der Waals surface area contributed by atoms with Crippen LogP contribution in [0.1, 0.15) is 81.4 Å². The van der Waals surface area contributed by atoms with Crippen LogP contribution in [-0.2, 0) is 25.8 Å². The highest BCUT2D eigenvalue weighted by atomic mass is 16.5. The molecule has 0 radical (unpaired) electrons. The maximum Gasteiger partial charge on any atom is 0.305 e. The molecule has 5 aliphatic rings. The minimum Gasteiger partial charge on any atom is -0.466 e. The first kappa shape index (κ1) is 30.7. The highest BCUT2D eigenvalue weighted by Crippen LogP contribution is 2.92. The summed E-state index contributed by atoms with van der Waals surface area (Å²) in [7, 11) is 0. The van der Waals surface area contributed by atoms with E-state index in [1.54, 1.807) is 38.1 Å². The summed E-state index contributed by atoms with van der Waals surface area (Å²) in [6, 6.07) is 31.6. The van der Waals surface area contributed by atoms with E-state index < -0.39 is 0 Å². The molecule has 0 amide bonds. The van der Waals surface area contributed by atoms with E-state index in [2.05, 4.69) is 97.9 Å². The molecule has 5 aliphatic carbocycles. The summed E-state index contributed by atoms with van der Waals surface area (Å²) in [5.74, 6) is -0.0316. The maximum atomic E-state index is 13.7. The molecule has 13 aromatic rings. The maximum absolute atomic E-state index is 13.7. The van der Waals surface area contributed by atoms with Crippen LogP contribution >= 0.6 is 0 Å². The van der Waals surface area contributed by atoms with Gasteiger partial charge in [-0.05, 0) is 176 Å². The third-order valence-electron chi connectivity index (χ3n) is 18.5. The zero-order valence-electron chi connectivity index (χ0n) is 34.0. The van der Waals surface area contributed by atoms with E-state index in [0.29, 0.717) is 13.0 Å². The average molecular weight is 779 g/mol. The van der Waals surface area contributed by atoms with Gasteiger partial charge in [0.1, 0.15) is 0 Å². The van der Waals surface area contributed by atoms with Crippen molar-refractivity contribution in [2.24, 2.45) is 0 Å². The summed E-state index contributed by atoms with van der Waals surface area (Å²) in [5, 5.41) is 35.9. The van der Waals surface area contributed by atoms with E-state index in [0.717, 1.165) is 25.7 Å². The Balaban J connectivity index is 1.00. The van der Waals surface area contributed by atoms with Gasteiger partial charge in [0.2, 0.25) is 0 Å². The van der Waals surface area contributed by atoms with Crippen LogP contribution < -0.4 is 10.4 Å². The van der Waals surface area contributed by atoms with Crippen molar-refractivity contribution in [3.8, 4) is 0 Å². The molecule has 0 bridgehead atoms. The molecule has 2 nitrogen and oxygen atoms in total. The summed E-state index contributed by atoms with van der Waals surface area (Å²) in [6.45, 7) is 2.80. The molecule has 1 fully saturated rings. The van der Waals surface area contributed by atoms with Crippen molar-refractivity contribution < 1.29 is 9.53 Å². The Morgan fingerprint density at radius 2 is 0.902 bits per heavy atom. The number of unbranched alkanes of at least 4 members (excludes halogenated alkanes) is 5. The molecule has 1 saturated carbocycles. The van der Waals surface area contributed by atoms with E-state index in [1.807, 2.05) is 0 Å². The number of carbonyl (C=O) groups is 1. The van der Waals surface area contributed by atoms with Gasteiger partial charge in [0.15, 0.2) is 0 Å². The Bertz CT molecular complexity index is 4100. The molecule has 286 valence electrons. The predicted octanol–water partition coefficient (Wildman–Crippen LogP) is 13.3. The Hall–Kier alpha value is -6.25. The number of allylic oxidation sites excluding steroid dienone is 2. The fraction of sp³-hybridized carbons (Fsp3) is 0.237. The van der Waals surface area contributed by atoms with Gasteiger partial charge < -0.3 is 4.74 Å². The molecule has 3 atom stereocenters. The number of hydrogen-bond donors (Lipinski definition) is 0. The van der Waals surface area contributed by atoms with Crippen molar-refractivity contribution in [3.05, 3.63) is 118 Å². The molecule has 61 heavy (non-hydrogen) atoms. The van der Waals surface area contributed by atoms with Gasteiger partial charge in [0.05, 0.1) is 6.61 Å². The SMILES string of the molecule is CCCCCCCCOC(=O)CCCC1(c2ccccc2)[C@]23C4=c5ccc6c7ccc8c9ccc%10c%11ccc%12c%13c(c%14c%15c2c5c6c2c7c8c5c9c%10c(c%13%11)c%14c5c%152)[C@]13C=%12C=C4. The van der Waals surface area contributed by atoms with E-state index >= 15 is 0 Å². The van der Waals surface area contributed by atoms with Crippen molar-refractivity contribution in [1.82, 2.24) is 0 Å². The molecule has 2 heteroatoms. The summed E-state index contributed by atoms with van der Waals surface area (Å²) >= 11 is 0. The predicted molar refractivity (Wildman–Crippen MR) is 253 cm³/mol. The summed E-state index contributed by atoms with van der Waals surface area (Å²) in [6.07, 6.45) is 14.5. The van der Waals surface area contributed by atoms with Crippen LogP contribution in [0.4, 0.5) is 0 Å². The summed E-state index contributed by atoms with van der Waals surface area (Å²) in [5.41, 5.74) is 6.84. The Kier molecular flexibility index (Phi) is 4.62. The monoisotopic (exact) mass is 778 g/mol. The van der Waals surface area contributed by atoms with Gasteiger partial charge in [-0.2, -0.15) is 0 Å². The Morgan fingerprint density at radius 1 is 0.459 bits per heavy atom. The van der Waals surface area contributed by atoms with E-state index in [9.17, 15) is 4.79 Å². The minimum absolute atomic E-state index is 0.0316. The van der Waals surface area contributed by atoms with E-state index in [1.165, 1.54) is 144 Å². The summed E-state index contributed by atoms with van der Waals surface area (Å²) in [4.78, 5) is 13.7. The number of hydrogen-bond acceptors (Lipinski definition) is 2. The number of benzene rings is 9. The lowest BCUT2D eigenvalue weighted by Crippen LogP contribution is -2.27. The van der Waals surface area contributed by atoms with Gasteiger partial charge in [-0.25, -0.2) is 0 Å². The average Bonchev–Trinajstić information content (AvgIpc) is 3.94. The van der Waals surface area contributed by atoms with Crippen LogP contribution in [0.2, 0.25) is 0 Å². The quantitative estimate of drug-likeness (QED) is 0.0701. The van der Waals surface area contributed by atoms with Crippen molar-refractivity contribution >= 4 is 136 Å². The highest BCUT2D eigenvalue weighted by Gasteiger charge is 2.93. The van der Waals surface area contributed by atoms with Crippen LogP contribution in [0.5, 0.6) is 0 Å². The molecular formula is C59H38O2. The van der Waals surface area contributed by atoms with Gasteiger partial charge in [-0.1, -0.05) is 130 Å². The normalized spacial score (nSPS) is 23.3. The number of carbonyl (C=O) groups excluding carboxylic acids is 1. The van der Waals surface area contributed by atoms with Gasteiger partial charge in [0, 0.05) is 22.7 Å². The number of rotatable bonds is 12. The van der Waals surface area contributed by atoms with Crippen LogP contribution in [-0.4, -0.2) is 12.6 Å². The lowest BCUT2D eigenvalue weighted by atomic mass is 9.68.